The highest BCUT2D eigenvalue weighted by molar-refractivity contribution is 5.94. The van der Waals surface area contributed by atoms with Crippen LogP contribution in [0.25, 0.3) is 0 Å². The lowest BCUT2D eigenvalue weighted by atomic mass is 9.98. The third kappa shape index (κ3) is 6.28. The van der Waals surface area contributed by atoms with Gasteiger partial charge in [-0.3, -0.25) is 4.79 Å². The summed E-state index contributed by atoms with van der Waals surface area (Å²) in [4.78, 5) is 22.5. The molecule has 0 aromatic heterocycles. The second-order valence-corrected chi connectivity index (χ2v) is 10.5. The van der Waals surface area contributed by atoms with Crippen molar-refractivity contribution in [1.29, 1.82) is 0 Å². The van der Waals surface area contributed by atoms with E-state index >= 15 is 0 Å². The first-order valence-corrected chi connectivity index (χ1v) is 14.0. The van der Waals surface area contributed by atoms with Gasteiger partial charge in [0.15, 0.2) is 0 Å². The highest BCUT2D eigenvalue weighted by Crippen LogP contribution is 2.26. The number of likely N-dealkylation sites (N-methyl/N-ethyl adjacent to an activating group) is 1. The van der Waals surface area contributed by atoms with Crippen LogP contribution in [0, 0.1) is 0 Å². The number of amides is 1. The standard InChI is InChI=1S/C30H42N4O2/c1-2-31-20-22-34(23-21-31)30(35)26-8-10-27(11-9-26)32-16-12-28(13-17-32)33-18-14-29(15-19-33)36-24-25-6-4-3-5-7-25/h3-11,28-29H,2,12-24H2,1H3. The number of rotatable bonds is 7. The molecule has 0 unspecified atom stereocenters. The molecule has 194 valence electrons. The number of ether oxygens (including phenoxy) is 1. The fourth-order valence-electron chi connectivity index (χ4n) is 5.95. The van der Waals surface area contributed by atoms with Gasteiger partial charge in [-0.15, -0.1) is 0 Å². The van der Waals surface area contributed by atoms with E-state index in [0.29, 0.717) is 12.1 Å². The minimum absolute atomic E-state index is 0.173. The van der Waals surface area contributed by atoms with Gasteiger partial charge in [-0.2, -0.15) is 0 Å². The summed E-state index contributed by atoms with van der Waals surface area (Å²) in [6, 6.07) is 19.5. The third-order valence-electron chi connectivity index (χ3n) is 8.37. The van der Waals surface area contributed by atoms with E-state index in [1.807, 2.05) is 17.0 Å². The van der Waals surface area contributed by atoms with Crippen molar-refractivity contribution < 1.29 is 9.53 Å². The van der Waals surface area contributed by atoms with E-state index < -0.39 is 0 Å². The van der Waals surface area contributed by atoms with Gasteiger partial charge in [0.05, 0.1) is 12.7 Å². The number of hydrogen-bond acceptors (Lipinski definition) is 5. The Labute approximate surface area is 216 Å². The fraction of sp³-hybridized carbons (Fsp3) is 0.567. The molecule has 3 saturated heterocycles. The van der Waals surface area contributed by atoms with Crippen molar-refractivity contribution in [1.82, 2.24) is 14.7 Å². The van der Waals surface area contributed by atoms with E-state index in [2.05, 4.69) is 64.1 Å². The van der Waals surface area contributed by atoms with Crippen molar-refractivity contribution in [2.24, 2.45) is 0 Å². The first-order chi connectivity index (χ1) is 17.7. The van der Waals surface area contributed by atoms with E-state index in [4.69, 9.17) is 4.74 Å². The Morgan fingerprint density at radius 2 is 1.47 bits per heavy atom. The number of benzene rings is 2. The van der Waals surface area contributed by atoms with Crippen LogP contribution in [-0.2, 0) is 11.3 Å². The molecule has 36 heavy (non-hydrogen) atoms. The van der Waals surface area contributed by atoms with Crippen LogP contribution in [0.4, 0.5) is 5.69 Å². The number of anilines is 1. The van der Waals surface area contributed by atoms with Crippen molar-refractivity contribution in [3.05, 3.63) is 65.7 Å². The lowest BCUT2D eigenvalue weighted by molar-refractivity contribution is -0.0132. The maximum Gasteiger partial charge on any atom is 0.253 e. The normalized spacial score (nSPS) is 21.1. The van der Waals surface area contributed by atoms with Crippen LogP contribution in [0.2, 0.25) is 0 Å². The van der Waals surface area contributed by atoms with Crippen LogP contribution < -0.4 is 4.90 Å². The largest absolute Gasteiger partial charge is 0.373 e. The van der Waals surface area contributed by atoms with Crippen LogP contribution in [0.1, 0.15) is 48.5 Å². The summed E-state index contributed by atoms with van der Waals surface area (Å²) in [5, 5.41) is 0. The van der Waals surface area contributed by atoms with Gasteiger partial charge in [0.1, 0.15) is 0 Å². The summed E-state index contributed by atoms with van der Waals surface area (Å²) in [5.74, 6) is 0.173. The summed E-state index contributed by atoms with van der Waals surface area (Å²) in [7, 11) is 0. The number of carbonyl (C=O) groups excluding carboxylic acids is 1. The molecule has 2 aromatic rings. The summed E-state index contributed by atoms with van der Waals surface area (Å²) < 4.78 is 6.19. The molecular weight excluding hydrogens is 448 g/mol. The Bertz CT molecular complexity index is 943. The second kappa shape index (κ2) is 12.2. The number of nitrogens with zero attached hydrogens (tertiary/aromatic N) is 4. The van der Waals surface area contributed by atoms with E-state index in [9.17, 15) is 4.79 Å². The molecule has 6 nitrogen and oxygen atoms in total. The van der Waals surface area contributed by atoms with Crippen LogP contribution in [0.15, 0.2) is 54.6 Å². The molecule has 0 saturated carbocycles. The maximum atomic E-state index is 12.9. The number of carbonyl (C=O) groups is 1. The van der Waals surface area contributed by atoms with Crippen LogP contribution >= 0.6 is 0 Å². The van der Waals surface area contributed by atoms with Crippen LogP contribution in [0.3, 0.4) is 0 Å². The zero-order valence-electron chi connectivity index (χ0n) is 21.9. The molecule has 5 rings (SSSR count). The molecule has 1 amide bonds. The van der Waals surface area contributed by atoms with Gasteiger partial charge in [0.25, 0.3) is 5.91 Å². The third-order valence-corrected chi connectivity index (χ3v) is 8.37. The Hall–Kier alpha value is -2.41. The number of hydrogen-bond donors (Lipinski definition) is 0. The molecule has 0 N–H and O–H groups in total. The monoisotopic (exact) mass is 490 g/mol. The molecule has 0 spiro atoms. The maximum absolute atomic E-state index is 12.9. The zero-order valence-corrected chi connectivity index (χ0v) is 21.9. The Morgan fingerprint density at radius 3 is 2.11 bits per heavy atom. The van der Waals surface area contributed by atoms with E-state index in [1.165, 1.54) is 24.1 Å². The topological polar surface area (TPSA) is 39.3 Å². The summed E-state index contributed by atoms with van der Waals surface area (Å²) in [5.41, 5.74) is 3.32. The Balaban J connectivity index is 1.04. The van der Waals surface area contributed by atoms with Gasteiger partial charge in [-0.25, -0.2) is 0 Å². The number of likely N-dealkylation sites (tertiary alicyclic amines) is 1. The van der Waals surface area contributed by atoms with Gasteiger partial charge in [0.2, 0.25) is 0 Å². The van der Waals surface area contributed by atoms with Gasteiger partial charge in [0, 0.05) is 69.7 Å². The van der Waals surface area contributed by atoms with Crippen LogP contribution in [-0.4, -0.2) is 91.7 Å². The molecule has 3 aliphatic heterocycles. The highest BCUT2D eigenvalue weighted by atomic mass is 16.5. The quantitative estimate of drug-likeness (QED) is 0.584. The average Bonchev–Trinajstić information content (AvgIpc) is 2.97. The van der Waals surface area contributed by atoms with Gasteiger partial charge >= 0.3 is 0 Å². The molecule has 3 heterocycles. The van der Waals surface area contributed by atoms with Crippen molar-refractivity contribution in [3.8, 4) is 0 Å². The average molecular weight is 491 g/mol. The summed E-state index contributed by atoms with van der Waals surface area (Å²) >= 11 is 0. The SMILES string of the molecule is CCN1CCN(C(=O)c2ccc(N3CCC(N4CCC(OCc5ccccc5)CC4)CC3)cc2)CC1. The van der Waals surface area contributed by atoms with Crippen molar-refractivity contribution in [2.75, 3.05) is 63.8 Å². The molecule has 3 aliphatic rings. The molecule has 6 heteroatoms. The first kappa shape index (κ1) is 25.2. The molecule has 0 aliphatic carbocycles. The van der Waals surface area contributed by atoms with Crippen molar-refractivity contribution in [2.45, 2.75) is 51.4 Å². The van der Waals surface area contributed by atoms with E-state index in [1.54, 1.807) is 0 Å². The molecule has 2 aromatic carbocycles. The molecule has 0 bridgehead atoms. The van der Waals surface area contributed by atoms with E-state index in [0.717, 1.165) is 83.9 Å². The molecular formula is C30H42N4O2. The zero-order chi connectivity index (χ0) is 24.7. The Morgan fingerprint density at radius 1 is 0.806 bits per heavy atom. The number of piperazine rings is 1. The van der Waals surface area contributed by atoms with Crippen LogP contribution in [0.5, 0.6) is 0 Å². The van der Waals surface area contributed by atoms with Gasteiger partial charge in [-0.05, 0) is 62.1 Å². The fourth-order valence-corrected chi connectivity index (χ4v) is 5.95. The van der Waals surface area contributed by atoms with Gasteiger partial charge < -0.3 is 24.3 Å². The number of piperidine rings is 2. The predicted molar refractivity (Wildman–Crippen MR) is 146 cm³/mol. The Kier molecular flexibility index (Phi) is 8.57. The lowest BCUT2D eigenvalue weighted by Crippen LogP contribution is -2.49. The summed E-state index contributed by atoms with van der Waals surface area (Å²) in [6.45, 7) is 12.1. The van der Waals surface area contributed by atoms with Gasteiger partial charge in [-0.1, -0.05) is 37.3 Å². The highest BCUT2D eigenvalue weighted by Gasteiger charge is 2.29. The van der Waals surface area contributed by atoms with Crippen molar-refractivity contribution in [3.63, 3.8) is 0 Å². The molecule has 0 radical (unpaired) electrons. The molecule has 0 atom stereocenters. The minimum atomic E-state index is 0.173. The summed E-state index contributed by atoms with van der Waals surface area (Å²) in [6.07, 6.45) is 5.07. The lowest BCUT2D eigenvalue weighted by Gasteiger charge is -2.42. The minimum Gasteiger partial charge on any atom is -0.373 e. The first-order valence-electron chi connectivity index (χ1n) is 14.0. The van der Waals surface area contributed by atoms with Crippen molar-refractivity contribution >= 4 is 11.6 Å². The van der Waals surface area contributed by atoms with E-state index in [-0.39, 0.29) is 5.91 Å². The predicted octanol–water partition coefficient (Wildman–Crippen LogP) is 4.11. The molecule has 3 fully saturated rings. The second-order valence-electron chi connectivity index (χ2n) is 10.5. The smallest absolute Gasteiger partial charge is 0.253 e.